The van der Waals surface area contributed by atoms with Gasteiger partial charge in [-0.2, -0.15) is 0 Å². The molecule has 3 fully saturated rings. The zero-order valence-corrected chi connectivity index (χ0v) is 16.8. The number of piperidine rings is 1. The van der Waals surface area contributed by atoms with Gasteiger partial charge in [-0.05, 0) is 68.6 Å². The number of aryl methyl sites for hydroxylation is 1. The lowest BCUT2D eigenvalue weighted by Crippen LogP contribution is -2.48. The van der Waals surface area contributed by atoms with Gasteiger partial charge in [0.2, 0.25) is 11.8 Å². The van der Waals surface area contributed by atoms with Crippen LogP contribution in [0.3, 0.4) is 0 Å². The first-order chi connectivity index (χ1) is 13.5. The molecule has 2 aliphatic carbocycles. The molecule has 152 valence electrons. The van der Waals surface area contributed by atoms with Crippen LogP contribution in [0.2, 0.25) is 0 Å². The van der Waals surface area contributed by atoms with Crippen LogP contribution in [0, 0.1) is 30.5 Å². The lowest BCUT2D eigenvalue weighted by Gasteiger charge is -2.41. The molecule has 1 aromatic rings. The number of amides is 2. The van der Waals surface area contributed by atoms with E-state index in [2.05, 4.69) is 5.32 Å². The Hall–Kier alpha value is -1.91. The Kier molecular flexibility index (Phi) is 5.70. The van der Waals surface area contributed by atoms with Crippen molar-refractivity contribution in [3.8, 4) is 0 Å². The number of likely N-dealkylation sites (tertiary alicyclic amines) is 1. The van der Waals surface area contributed by atoms with E-state index in [-0.39, 0.29) is 35.5 Å². The zero-order chi connectivity index (χ0) is 19.7. The van der Waals surface area contributed by atoms with Crippen molar-refractivity contribution in [3.05, 3.63) is 35.1 Å². The van der Waals surface area contributed by atoms with Crippen molar-refractivity contribution in [2.45, 2.75) is 64.3 Å². The Morgan fingerprint density at radius 1 is 1.07 bits per heavy atom. The predicted molar refractivity (Wildman–Crippen MR) is 106 cm³/mol. The Labute approximate surface area is 166 Å². The van der Waals surface area contributed by atoms with Crippen LogP contribution in [0.1, 0.15) is 68.5 Å². The summed E-state index contributed by atoms with van der Waals surface area (Å²) >= 11 is 0. The first-order valence-electron chi connectivity index (χ1n) is 10.9. The van der Waals surface area contributed by atoms with Crippen LogP contribution in [-0.2, 0) is 9.59 Å². The molecule has 1 aliphatic heterocycles. The van der Waals surface area contributed by atoms with Gasteiger partial charge in [-0.15, -0.1) is 0 Å². The second-order valence-electron chi connectivity index (χ2n) is 8.96. The lowest BCUT2D eigenvalue weighted by atomic mass is 9.86. The average Bonchev–Trinajstić information content (AvgIpc) is 3.38. The van der Waals surface area contributed by atoms with E-state index in [0.29, 0.717) is 18.0 Å². The first kappa shape index (κ1) is 19.4. The number of rotatable bonds is 5. The fraction of sp³-hybridized carbons (Fsp3) is 0.652. The summed E-state index contributed by atoms with van der Waals surface area (Å²) in [5, 5.41) is 3.09. The maximum atomic E-state index is 13.8. The second kappa shape index (κ2) is 8.22. The monoisotopic (exact) mass is 386 g/mol. The van der Waals surface area contributed by atoms with Crippen LogP contribution in [0.4, 0.5) is 4.39 Å². The third-order valence-corrected chi connectivity index (χ3v) is 6.77. The molecule has 0 spiro atoms. The minimum atomic E-state index is -0.217. The molecular weight excluding hydrogens is 355 g/mol. The fourth-order valence-electron chi connectivity index (χ4n) is 4.77. The van der Waals surface area contributed by atoms with E-state index in [4.69, 9.17) is 0 Å². The minimum Gasteiger partial charge on any atom is -0.356 e. The number of carbonyl (C=O) groups excluding carboxylic acids is 2. The minimum absolute atomic E-state index is 0.0557. The van der Waals surface area contributed by atoms with E-state index >= 15 is 0 Å². The van der Waals surface area contributed by atoms with Crippen LogP contribution in [-0.4, -0.2) is 29.8 Å². The number of hydrogen-bond donors (Lipinski definition) is 1. The number of nitrogens with one attached hydrogen (secondary N) is 1. The summed E-state index contributed by atoms with van der Waals surface area (Å²) in [6.45, 7) is 3.01. The van der Waals surface area contributed by atoms with Gasteiger partial charge >= 0.3 is 0 Å². The molecule has 1 N–H and O–H groups in total. The molecule has 1 heterocycles. The Bertz CT molecular complexity index is 740. The van der Waals surface area contributed by atoms with Crippen molar-refractivity contribution in [3.63, 3.8) is 0 Å². The Morgan fingerprint density at radius 3 is 2.50 bits per heavy atom. The van der Waals surface area contributed by atoms with Gasteiger partial charge in [0.05, 0.1) is 12.0 Å². The quantitative estimate of drug-likeness (QED) is 0.827. The molecule has 0 radical (unpaired) electrons. The number of benzene rings is 1. The molecule has 0 aromatic heterocycles. The number of halogens is 1. The van der Waals surface area contributed by atoms with E-state index in [0.717, 1.165) is 50.6 Å². The van der Waals surface area contributed by atoms with Gasteiger partial charge in [0.15, 0.2) is 0 Å². The largest absolute Gasteiger partial charge is 0.356 e. The highest BCUT2D eigenvalue weighted by atomic mass is 19.1. The lowest BCUT2D eigenvalue weighted by molar-refractivity contribution is -0.142. The van der Waals surface area contributed by atoms with Crippen molar-refractivity contribution in [2.24, 2.45) is 17.8 Å². The van der Waals surface area contributed by atoms with Gasteiger partial charge in [0.1, 0.15) is 5.82 Å². The molecule has 5 heteroatoms. The Morgan fingerprint density at radius 2 is 1.82 bits per heavy atom. The van der Waals surface area contributed by atoms with E-state index in [1.807, 2.05) is 11.0 Å². The summed E-state index contributed by atoms with van der Waals surface area (Å²) < 4.78 is 13.8. The molecular formula is C23H31FN2O2. The average molecular weight is 387 g/mol. The number of carbonyl (C=O) groups is 2. The van der Waals surface area contributed by atoms with Gasteiger partial charge in [-0.25, -0.2) is 4.39 Å². The van der Waals surface area contributed by atoms with E-state index in [1.54, 1.807) is 13.0 Å². The molecule has 4 rings (SSSR count). The van der Waals surface area contributed by atoms with Crippen molar-refractivity contribution in [1.29, 1.82) is 0 Å². The number of nitrogens with zero attached hydrogens (tertiary/aromatic N) is 1. The van der Waals surface area contributed by atoms with Crippen LogP contribution >= 0.6 is 0 Å². The summed E-state index contributed by atoms with van der Waals surface area (Å²) in [7, 11) is 0. The van der Waals surface area contributed by atoms with Crippen molar-refractivity contribution in [2.75, 3.05) is 13.1 Å². The highest BCUT2D eigenvalue weighted by molar-refractivity contribution is 5.83. The number of hydrogen-bond acceptors (Lipinski definition) is 2. The van der Waals surface area contributed by atoms with Crippen LogP contribution < -0.4 is 5.32 Å². The molecule has 4 nitrogen and oxygen atoms in total. The summed E-state index contributed by atoms with van der Waals surface area (Å²) in [6, 6.07) is 5.11. The summed E-state index contributed by atoms with van der Waals surface area (Å²) in [6.07, 6.45) is 8.06. The standard InChI is InChI=1S/C23H31FN2O2/c1-15-12-18(8-10-20(15)24)21-11-9-19(22(27)25-13-16-6-7-16)14-26(21)23(28)17-4-2-3-5-17/h8,10,12,16-17,19,21H,2-7,9,11,13-14H2,1H3,(H,25,27)/t19-,21-/m1/s1. The molecule has 0 unspecified atom stereocenters. The van der Waals surface area contributed by atoms with Gasteiger partial charge in [0.25, 0.3) is 0 Å². The first-order valence-corrected chi connectivity index (χ1v) is 10.9. The van der Waals surface area contributed by atoms with Crippen LogP contribution in [0.15, 0.2) is 18.2 Å². The van der Waals surface area contributed by atoms with Gasteiger partial charge < -0.3 is 10.2 Å². The third-order valence-electron chi connectivity index (χ3n) is 6.77. The topological polar surface area (TPSA) is 49.4 Å². The van der Waals surface area contributed by atoms with Crippen molar-refractivity contribution in [1.82, 2.24) is 10.2 Å². The van der Waals surface area contributed by atoms with E-state index in [1.165, 1.54) is 18.9 Å². The summed E-state index contributed by atoms with van der Waals surface area (Å²) in [4.78, 5) is 27.9. The SMILES string of the molecule is Cc1cc([C@H]2CC[C@@H](C(=O)NCC3CC3)CN2C(=O)C2CCCC2)ccc1F. The molecule has 2 amide bonds. The van der Waals surface area contributed by atoms with Gasteiger partial charge in [-0.1, -0.05) is 25.0 Å². The molecule has 28 heavy (non-hydrogen) atoms. The molecule has 2 atom stereocenters. The third kappa shape index (κ3) is 4.23. The fourth-order valence-corrected chi connectivity index (χ4v) is 4.77. The van der Waals surface area contributed by atoms with E-state index in [9.17, 15) is 14.0 Å². The Balaban J connectivity index is 1.52. The maximum absolute atomic E-state index is 13.8. The normalized spacial score (nSPS) is 25.7. The van der Waals surface area contributed by atoms with Crippen LogP contribution in [0.5, 0.6) is 0 Å². The predicted octanol–water partition coefficient (Wildman–Crippen LogP) is 4.13. The highest BCUT2D eigenvalue weighted by Gasteiger charge is 2.39. The molecule has 0 bridgehead atoms. The zero-order valence-electron chi connectivity index (χ0n) is 16.8. The molecule has 1 saturated heterocycles. The second-order valence-corrected chi connectivity index (χ2v) is 8.96. The van der Waals surface area contributed by atoms with Crippen molar-refractivity contribution >= 4 is 11.8 Å². The van der Waals surface area contributed by atoms with Crippen LogP contribution in [0.25, 0.3) is 0 Å². The van der Waals surface area contributed by atoms with Gasteiger partial charge in [-0.3, -0.25) is 9.59 Å². The van der Waals surface area contributed by atoms with Crippen molar-refractivity contribution < 1.29 is 14.0 Å². The smallest absolute Gasteiger partial charge is 0.226 e. The molecule has 3 aliphatic rings. The molecule has 1 aromatic carbocycles. The van der Waals surface area contributed by atoms with E-state index < -0.39 is 0 Å². The summed E-state index contributed by atoms with van der Waals surface area (Å²) in [5.74, 6) is 0.650. The summed E-state index contributed by atoms with van der Waals surface area (Å²) in [5.41, 5.74) is 1.59. The highest BCUT2D eigenvalue weighted by Crippen LogP contribution is 2.38. The molecule has 2 saturated carbocycles. The maximum Gasteiger partial charge on any atom is 0.226 e. The van der Waals surface area contributed by atoms with Gasteiger partial charge in [0, 0.05) is 19.0 Å².